The number of ketones is 4. The van der Waals surface area contributed by atoms with Gasteiger partial charge in [-0.25, -0.2) is 9.97 Å². The highest BCUT2D eigenvalue weighted by molar-refractivity contribution is 6.32. The van der Waals surface area contributed by atoms with E-state index in [0.29, 0.717) is 104 Å². The van der Waals surface area contributed by atoms with Gasteiger partial charge in [-0.1, -0.05) is 142 Å². The zero-order chi connectivity index (χ0) is 98.1. The largest absolute Gasteiger partial charge is 0.468 e. The molecular weight excluding hydrogens is 1850 g/mol. The fourth-order valence-electron chi connectivity index (χ4n) is 19.8. The summed E-state index contributed by atoms with van der Waals surface area (Å²) in [7, 11) is 4.56. The lowest BCUT2D eigenvalue weighted by Gasteiger charge is -2.50. The van der Waals surface area contributed by atoms with Crippen LogP contribution in [-0.4, -0.2) is 233 Å². The zero-order valence-corrected chi connectivity index (χ0v) is 81.8. The van der Waals surface area contributed by atoms with Crippen molar-refractivity contribution in [1.82, 2.24) is 29.5 Å². The van der Waals surface area contributed by atoms with Gasteiger partial charge >= 0.3 is 11.9 Å². The lowest BCUT2D eigenvalue weighted by Crippen LogP contribution is -2.60. The standard InChI is InChI=1S/C20H26ClN3O3.C17H22ClN3O3.C17H21ClO3.C16H19ClO5.C14H15ClO3.C14H17ClO3.2CH4O/c1-18(2)26-11-19(12-27-18)8-7-16(9-15-3-5-17(21)6-4-15)20(19,25)10-24-14-22-13-23-24;18-15-3-1-13(2-4-15)7-14-5-6-16(9-22,10-23)17(14,24)8-21-12-19-11-20-21;1-16(2)20-10-17(11-21-16)8-7-13(15(17)19)9-12-3-5-14(18)6-4-12;1-22-14(21)16(8-11-2-4-12(17)5-3-11)7-6-15(9-18,10-19)13(16)20;1-18-13(17)14(8-2-3-12(14)16)9-10-4-6-11(15)7-5-10;15-12-3-1-10(2-4-12)7-11-5-6-14(8-16,9-17)13(11)18;2*1-2/h3-6,13-14,16,25H,7-12H2,1-2H3;1-4,11-12,14,22-24H,5-10H2;3-6,13H,7-11H2,1-2H3;2-5,18-19H,6-10H2,1H3;4-7H,2-3,8-9H2,1H3;1-4,11,16-17H,5-9H2;2*2H,1H3. The van der Waals surface area contributed by atoms with Gasteiger partial charge in [-0.2, -0.15) is 10.2 Å². The summed E-state index contributed by atoms with van der Waals surface area (Å²) in [6.45, 7) is 8.04. The highest BCUT2D eigenvalue weighted by Crippen LogP contribution is 2.57. The van der Waals surface area contributed by atoms with Crippen LogP contribution in [0.1, 0.15) is 145 Å². The van der Waals surface area contributed by atoms with Gasteiger partial charge in [0.15, 0.2) is 23.1 Å². The summed E-state index contributed by atoms with van der Waals surface area (Å²) in [5, 5.41) is 107. The summed E-state index contributed by atoms with van der Waals surface area (Å²) in [4.78, 5) is 82.1. The van der Waals surface area contributed by atoms with Crippen LogP contribution in [0.2, 0.25) is 30.1 Å². The van der Waals surface area contributed by atoms with E-state index >= 15 is 0 Å². The number of Topliss-reactive ketones (excluding diaryl/α,β-unsaturated/α-hetero) is 4. The van der Waals surface area contributed by atoms with E-state index in [1.54, 1.807) is 52.1 Å². The third-order valence-electron chi connectivity index (χ3n) is 28.3. The summed E-state index contributed by atoms with van der Waals surface area (Å²) in [6.07, 6.45) is 17.9. The minimum Gasteiger partial charge on any atom is -0.468 e. The molecule has 2 spiro atoms. The molecule has 8 aliphatic rings. The second-order valence-electron chi connectivity index (χ2n) is 37.2. The van der Waals surface area contributed by atoms with Gasteiger partial charge in [-0.15, -0.1) is 0 Å². The molecule has 2 saturated heterocycles. The molecular formula is C100H128Cl6N6O22. The number of carbonyl (C=O) groups excluding carboxylic acids is 6. The Kier molecular flexibility index (Phi) is 40.1. The first-order valence-corrected chi connectivity index (χ1v) is 47.2. The van der Waals surface area contributed by atoms with Gasteiger partial charge in [-0.05, 0) is 261 Å². The van der Waals surface area contributed by atoms with Crippen molar-refractivity contribution < 1.29 is 108 Å². The summed E-state index contributed by atoms with van der Waals surface area (Å²) in [5.74, 6) is -2.49. The van der Waals surface area contributed by atoms with Gasteiger partial charge in [0.2, 0.25) is 0 Å². The molecule has 0 bridgehead atoms. The van der Waals surface area contributed by atoms with Crippen molar-refractivity contribution in [3.05, 3.63) is 234 Å². The minimum absolute atomic E-state index is 0.00991. The predicted molar refractivity (Wildman–Crippen MR) is 507 cm³/mol. The molecule has 8 aromatic rings. The molecule has 0 radical (unpaired) electrons. The van der Waals surface area contributed by atoms with Crippen molar-refractivity contribution in [3.8, 4) is 0 Å². The molecule has 4 heterocycles. The normalized spacial score (nSPS) is 24.9. The Hall–Kier alpha value is -7.60. The molecule has 2 aliphatic heterocycles. The Bertz CT molecular complexity index is 5030. The molecule has 8 unspecified atom stereocenters. The Balaban J connectivity index is 0.000000180. The quantitative estimate of drug-likeness (QED) is 0.0198. The Morgan fingerprint density at radius 2 is 0.769 bits per heavy atom. The molecule has 8 atom stereocenters. The Labute approximate surface area is 813 Å². The monoisotopic (exact) mass is 1970 g/mol. The SMILES string of the molecule is CC1(C)OCC2(CCC(Cc3ccc(Cl)cc3)C2(O)Cn2cncn2)CO1.CC1(C)OCC2(CCC(Cc3ccc(Cl)cc3)C2=O)CO1.CO.CO.COC(=O)C1(Cc2ccc(Cl)cc2)CCC(CO)(CO)C1=O.COC(=O)C1(Cc2ccc(Cl)cc2)CCCC1=O.O=C1C(Cc2ccc(Cl)cc2)CCC1(CO)CO.OCC1(CO)CCC(Cc2ccc(Cl)cc2)C1(O)Cn1cncn1. The first-order chi connectivity index (χ1) is 63.9. The van der Waals surface area contributed by atoms with Crippen molar-refractivity contribution in [2.45, 2.75) is 186 Å². The molecule has 2 aromatic heterocycles. The topological polar surface area (TPSA) is 422 Å². The highest BCUT2D eigenvalue weighted by Gasteiger charge is 2.64. The second-order valence-corrected chi connectivity index (χ2v) is 39.8. The molecule has 134 heavy (non-hydrogen) atoms. The van der Waals surface area contributed by atoms with E-state index in [9.17, 15) is 69.6 Å². The van der Waals surface area contributed by atoms with E-state index in [1.165, 1.54) is 33.2 Å². The second kappa shape index (κ2) is 48.8. The molecule has 8 fully saturated rings. The summed E-state index contributed by atoms with van der Waals surface area (Å²) in [5.41, 5.74) is -2.50. The lowest BCUT2D eigenvalue weighted by molar-refractivity contribution is -0.313. The molecule has 6 aromatic carbocycles. The number of hydrogen-bond donors (Lipinski definition) is 10. The molecule has 732 valence electrons. The number of aromatic nitrogens is 6. The van der Waals surface area contributed by atoms with E-state index in [-0.39, 0.29) is 87.5 Å². The maximum absolute atomic E-state index is 12.8. The average Bonchev–Trinajstić information content (AvgIpc) is 1.48. The van der Waals surface area contributed by atoms with Crippen LogP contribution < -0.4 is 0 Å². The molecule has 6 saturated carbocycles. The number of rotatable bonds is 24. The fraction of sp³-hybridized carbons (Fsp3) is 0.540. The van der Waals surface area contributed by atoms with Crippen molar-refractivity contribution >= 4 is 105 Å². The van der Waals surface area contributed by atoms with E-state index in [4.69, 9.17) is 108 Å². The van der Waals surface area contributed by atoms with Crippen LogP contribution in [0, 0.1) is 61.6 Å². The summed E-state index contributed by atoms with van der Waals surface area (Å²) in [6, 6.07) is 44.7. The van der Waals surface area contributed by atoms with Crippen LogP contribution in [-0.2, 0) is 109 Å². The number of esters is 2. The molecule has 28 nitrogen and oxygen atoms in total. The van der Waals surface area contributed by atoms with Crippen LogP contribution in [0.4, 0.5) is 0 Å². The minimum atomic E-state index is -1.37. The first kappa shape index (κ1) is 110. The molecule has 16 rings (SSSR count). The van der Waals surface area contributed by atoms with Gasteiger partial charge in [0.05, 0.1) is 121 Å². The molecule has 6 aliphatic carbocycles. The van der Waals surface area contributed by atoms with Crippen molar-refractivity contribution in [3.63, 3.8) is 0 Å². The van der Waals surface area contributed by atoms with Crippen molar-refractivity contribution in [2.24, 2.45) is 61.6 Å². The van der Waals surface area contributed by atoms with Gasteiger partial charge in [0.1, 0.15) is 47.7 Å². The summed E-state index contributed by atoms with van der Waals surface area (Å²) < 4.78 is 36.3. The van der Waals surface area contributed by atoms with Gasteiger partial charge in [0.25, 0.3) is 0 Å². The van der Waals surface area contributed by atoms with Gasteiger partial charge < -0.3 is 79.5 Å². The number of carbonyl (C=O) groups is 6. The number of nitrogens with zero attached hydrogens (tertiary/aromatic N) is 6. The van der Waals surface area contributed by atoms with Crippen LogP contribution in [0.15, 0.2) is 171 Å². The molecule has 10 N–H and O–H groups in total. The lowest BCUT2D eigenvalue weighted by atomic mass is 9.70. The van der Waals surface area contributed by atoms with E-state index < -0.39 is 91.6 Å². The predicted octanol–water partition coefficient (Wildman–Crippen LogP) is 13.2. The van der Waals surface area contributed by atoms with E-state index in [0.717, 1.165) is 115 Å². The van der Waals surface area contributed by atoms with Crippen molar-refractivity contribution in [1.29, 1.82) is 0 Å². The fourth-order valence-corrected chi connectivity index (χ4v) is 20.6. The summed E-state index contributed by atoms with van der Waals surface area (Å²) >= 11 is 35.3. The van der Waals surface area contributed by atoms with Gasteiger partial charge in [0, 0.05) is 73.4 Å². The Morgan fingerprint density at radius 1 is 0.410 bits per heavy atom. The number of methoxy groups -OCH3 is 2. The number of halogens is 6. The highest BCUT2D eigenvalue weighted by atomic mass is 35.5. The third kappa shape index (κ3) is 25.9. The number of aliphatic hydroxyl groups is 10. The molecule has 34 heteroatoms. The van der Waals surface area contributed by atoms with Crippen LogP contribution >= 0.6 is 69.6 Å². The number of hydrogen-bond acceptors (Lipinski definition) is 26. The van der Waals surface area contributed by atoms with Crippen LogP contribution in [0.3, 0.4) is 0 Å². The van der Waals surface area contributed by atoms with Crippen molar-refractivity contribution in [2.75, 3.05) is 94.5 Å². The zero-order valence-electron chi connectivity index (χ0n) is 77.2. The van der Waals surface area contributed by atoms with Gasteiger partial charge in [-0.3, -0.25) is 38.1 Å². The number of ether oxygens (including phenoxy) is 6. The first-order valence-electron chi connectivity index (χ1n) is 44.9. The van der Waals surface area contributed by atoms with Crippen LogP contribution in [0.25, 0.3) is 0 Å². The molecule has 0 amide bonds. The third-order valence-corrected chi connectivity index (χ3v) is 29.8. The average molecular weight is 1980 g/mol. The van der Waals surface area contributed by atoms with E-state index in [1.807, 2.05) is 137 Å². The van der Waals surface area contributed by atoms with E-state index in [2.05, 4.69) is 20.2 Å². The maximum atomic E-state index is 12.8. The Morgan fingerprint density at radius 3 is 1.13 bits per heavy atom. The van der Waals surface area contributed by atoms with Crippen LogP contribution in [0.5, 0.6) is 0 Å². The smallest absolute Gasteiger partial charge is 0.319 e. The maximum Gasteiger partial charge on any atom is 0.319 e. The number of aliphatic hydroxyl groups excluding tert-OH is 8. The number of benzene rings is 6.